The molecule has 0 aliphatic carbocycles. The zero-order valence-corrected chi connectivity index (χ0v) is 8.69. The second kappa shape index (κ2) is 7.53. The topological polar surface area (TPSA) is 36.3 Å². The Bertz CT molecular complexity index is 212. The molecule has 0 fully saturated rings. The van der Waals surface area contributed by atoms with Gasteiger partial charge in [-0.1, -0.05) is 6.92 Å². The normalized spacial score (nSPS) is 10.6. The summed E-state index contributed by atoms with van der Waals surface area (Å²) < 4.78 is 12.5. The van der Waals surface area contributed by atoms with Gasteiger partial charge in [0.05, 0.1) is 26.4 Å². The van der Waals surface area contributed by atoms with Crippen molar-refractivity contribution in [3.63, 3.8) is 0 Å². The van der Waals surface area contributed by atoms with Crippen molar-refractivity contribution in [2.75, 3.05) is 26.4 Å². The highest BCUT2D eigenvalue weighted by atomic mass is 16.5. The fraction of sp³-hybridized carbons (Fsp3) is 0.700. The largest absolute Gasteiger partial charge is 0.379 e. The molecule has 1 heterocycles. The first-order chi connectivity index (χ1) is 6.93. The Morgan fingerprint density at radius 3 is 2.57 bits per heavy atom. The Balaban J connectivity index is 1.85. The molecule has 0 amide bonds. The van der Waals surface area contributed by atoms with Gasteiger partial charge in [-0.25, -0.2) is 0 Å². The summed E-state index contributed by atoms with van der Waals surface area (Å²) >= 11 is 0. The molecular formula is C10H18N2O2. The standard InChI is InChI=1S/C10H18N2O2/c1-2-7-13-9-10-14-8-6-12-5-3-4-11-12/h3-5H,2,6-10H2,1H3. The number of ether oxygens (including phenoxy) is 2. The van der Waals surface area contributed by atoms with Gasteiger partial charge in [-0.2, -0.15) is 5.10 Å². The predicted molar refractivity (Wildman–Crippen MR) is 54.2 cm³/mol. The van der Waals surface area contributed by atoms with Gasteiger partial charge >= 0.3 is 0 Å². The van der Waals surface area contributed by atoms with Gasteiger partial charge in [0.15, 0.2) is 0 Å². The minimum absolute atomic E-state index is 0.668. The second-order valence-electron chi connectivity index (χ2n) is 2.99. The van der Waals surface area contributed by atoms with Crippen molar-refractivity contribution in [1.29, 1.82) is 0 Å². The summed E-state index contributed by atoms with van der Waals surface area (Å²) in [5, 5.41) is 4.07. The lowest BCUT2D eigenvalue weighted by atomic mass is 10.5. The molecule has 1 rings (SSSR count). The first kappa shape index (κ1) is 11.2. The van der Waals surface area contributed by atoms with E-state index < -0.39 is 0 Å². The zero-order chi connectivity index (χ0) is 10.1. The first-order valence-corrected chi connectivity index (χ1v) is 5.06. The van der Waals surface area contributed by atoms with Crippen LogP contribution < -0.4 is 0 Å². The molecule has 0 saturated heterocycles. The van der Waals surface area contributed by atoms with E-state index >= 15 is 0 Å². The predicted octanol–water partition coefficient (Wildman–Crippen LogP) is 1.33. The molecule has 4 heteroatoms. The molecule has 0 saturated carbocycles. The van der Waals surface area contributed by atoms with Crippen LogP contribution in [-0.2, 0) is 16.0 Å². The summed E-state index contributed by atoms with van der Waals surface area (Å²) in [5.41, 5.74) is 0. The monoisotopic (exact) mass is 198 g/mol. The Morgan fingerprint density at radius 1 is 1.14 bits per heavy atom. The second-order valence-corrected chi connectivity index (χ2v) is 2.99. The van der Waals surface area contributed by atoms with Gasteiger partial charge in [0.2, 0.25) is 0 Å². The fourth-order valence-corrected chi connectivity index (χ4v) is 1.06. The van der Waals surface area contributed by atoms with Gasteiger partial charge in [-0.05, 0) is 12.5 Å². The van der Waals surface area contributed by atoms with Crippen LogP contribution in [0.15, 0.2) is 18.5 Å². The van der Waals surface area contributed by atoms with Crippen molar-refractivity contribution < 1.29 is 9.47 Å². The molecule has 0 N–H and O–H groups in total. The van der Waals surface area contributed by atoms with Gasteiger partial charge < -0.3 is 9.47 Å². The maximum Gasteiger partial charge on any atom is 0.0701 e. The van der Waals surface area contributed by atoms with E-state index in [4.69, 9.17) is 9.47 Å². The summed E-state index contributed by atoms with van der Waals surface area (Å²) in [6, 6.07) is 1.91. The summed E-state index contributed by atoms with van der Waals surface area (Å²) in [6.45, 7) is 5.77. The highest BCUT2D eigenvalue weighted by Crippen LogP contribution is 1.86. The summed E-state index contributed by atoms with van der Waals surface area (Å²) in [4.78, 5) is 0. The third-order valence-electron chi connectivity index (χ3n) is 1.74. The van der Waals surface area contributed by atoms with Gasteiger partial charge in [0.1, 0.15) is 0 Å². The van der Waals surface area contributed by atoms with Gasteiger partial charge in [-0.15, -0.1) is 0 Å². The van der Waals surface area contributed by atoms with Crippen molar-refractivity contribution in [2.45, 2.75) is 19.9 Å². The molecule has 0 aliphatic rings. The summed E-state index contributed by atoms with van der Waals surface area (Å²) in [6.07, 6.45) is 4.76. The number of aromatic nitrogens is 2. The van der Waals surface area contributed by atoms with E-state index in [0.717, 1.165) is 19.6 Å². The van der Waals surface area contributed by atoms with Crippen LogP contribution in [0.25, 0.3) is 0 Å². The summed E-state index contributed by atoms with van der Waals surface area (Å²) in [7, 11) is 0. The maximum absolute atomic E-state index is 5.37. The molecule has 0 bridgehead atoms. The number of hydrogen-bond donors (Lipinski definition) is 0. The molecule has 0 aliphatic heterocycles. The van der Waals surface area contributed by atoms with Crippen LogP contribution in [0.5, 0.6) is 0 Å². The van der Waals surface area contributed by atoms with E-state index in [1.165, 1.54) is 0 Å². The molecule has 14 heavy (non-hydrogen) atoms. The lowest BCUT2D eigenvalue weighted by Crippen LogP contribution is -2.10. The highest BCUT2D eigenvalue weighted by molar-refractivity contribution is 4.77. The molecule has 1 aromatic rings. The van der Waals surface area contributed by atoms with Crippen molar-refractivity contribution in [3.05, 3.63) is 18.5 Å². The van der Waals surface area contributed by atoms with Crippen molar-refractivity contribution in [2.24, 2.45) is 0 Å². The summed E-state index contributed by atoms with van der Waals surface area (Å²) in [5.74, 6) is 0. The number of nitrogens with zero attached hydrogens (tertiary/aromatic N) is 2. The van der Waals surface area contributed by atoms with Crippen molar-refractivity contribution >= 4 is 0 Å². The average Bonchev–Trinajstić information content (AvgIpc) is 2.69. The van der Waals surface area contributed by atoms with E-state index in [-0.39, 0.29) is 0 Å². The average molecular weight is 198 g/mol. The van der Waals surface area contributed by atoms with Gasteiger partial charge in [0.25, 0.3) is 0 Å². The van der Waals surface area contributed by atoms with Crippen LogP contribution >= 0.6 is 0 Å². The minimum atomic E-state index is 0.668. The van der Waals surface area contributed by atoms with Gasteiger partial charge in [0, 0.05) is 19.0 Å². The fourth-order valence-electron chi connectivity index (χ4n) is 1.06. The smallest absolute Gasteiger partial charge is 0.0701 e. The van der Waals surface area contributed by atoms with E-state index in [1.54, 1.807) is 6.20 Å². The van der Waals surface area contributed by atoms with Crippen molar-refractivity contribution in [1.82, 2.24) is 9.78 Å². The number of hydrogen-bond acceptors (Lipinski definition) is 3. The molecule has 0 unspecified atom stereocenters. The highest BCUT2D eigenvalue weighted by Gasteiger charge is 1.91. The van der Waals surface area contributed by atoms with Crippen LogP contribution in [0, 0.1) is 0 Å². The molecular weight excluding hydrogens is 180 g/mol. The Morgan fingerprint density at radius 2 is 1.93 bits per heavy atom. The van der Waals surface area contributed by atoms with Gasteiger partial charge in [-0.3, -0.25) is 4.68 Å². The third kappa shape index (κ3) is 4.99. The maximum atomic E-state index is 5.37. The third-order valence-corrected chi connectivity index (χ3v) is 1.74. The molecule has 4 nitrogen and oxygen atoms in total. The van der Waals surface area contributed by atoms with E-state index in [9.17, 15) is 0 Å². The molecule has 0 spiro atoms. The van der Waals surface area contributed by atoms with E-state index in [1.807, 2.05) is 16.9 Å². The van der Waals surface area contributed by atoms with Crippen LogP contribution in [0.3, 0.4) is 0 Å². The van der Waals surface area contributed by atoms with Crippen LogP contribution in [0.2, 0.25) is 0 Å². The molecule has 0 aromatic carbocycles. The molecule has 0 radical (unpaired) electrons. The Hall–Kier alpha value is -0.870. The minimum Gasteiger partial charge on any atom is -0.379 e. The Labute approximate surface area is 84.8 Å². The zero-order valence-electron chi connectivity index (χ0n) is 8.69. The molecule has 1 aromatic heterocycles. The van der Waals surface area contributed by atoms with E-state index in [0.29, 0.717) is 19.8 Å². The lowest BCUT2D eigenvalue weighted by molar-refractivity contribution is 0.0442. The molecule has 80 valence electrons. The SMILES string of the molecule is CCCOCCOCCn1cccn1. The Kier molecular flexibility index (Phi) is 6.02. The molecule has 0 atom stereocenters. The van der Waals surface area contributed by atoms with E-state index in [2.05, 4.69) is 12.0 Å². The first-order valence-electron chi connectivity index (χ1n) is 5.06. The van der Waals surface area contributed by atoms with Crippen LogP contribution in [0.1, 0.15) is 13.3 Å². The lowest BCUT2D eigenvalue weighted by Gasteiger charge is -2.04. The van der Waals surface area contributed by atoms with Crippen molar-refractivity contribution in [3.8, 4) is 0 Å². The number of rotatable bonds is 8. The van der Waals surface area contributed by atoms with Crippen LogP contribution in [0.4, 0.5) is 0 Å². The van der Waals surface area contributed by atoms with Crippen LogP contribution in [-0.4, -0.2) is 36.2 Å². The quantitative estimate of drug-likeness (QED) is 0.591.